The number of esters is 1. The van der Waals surface area contributed by atoms with Gasteiger partial charge in [-0.2, -0.15) is 0 Å². The summed E-state index contributed by atoms with van der Waals surface area (Å²) in [5.41, 5.74) is 1.01. The van der Waals surface area contributed by atoms with Crippen molar-refractivity contribution in [3.8, 4) is 5.75 Å². The second kappa shape index (κ2) is 10.9. The molecule has 1 aromatic carbocycles. The molecular weight excluding hydrogens is 216 g/mol. The van der Waals surface area contributed by atoms with Crippen LogP contribution in [-0.2, 0) is 4.79 Å². The van der Waals surface area contributed by atoms with E-state index in [1.54, 1.807) is 18.2 Å². The van der Waals surface area contributed by atoms with E-state index in [0.717, 1.165) is 5.56 Å². The van der Waals surface area contributed by atoms with Crippen LogP contribution in [0, 0.1) is 0 Å². The zero-order chi connectivity index (χ0) is 12.4. The van der Waals surface area contributed by atoms with Crippen LogP contribution in [-0.4, -0.2) is 11.4 Å². The van der Waals surface area contributed by atoms with Crippen molar-refractivity contribution in [3.05, 3.63) is 36.4 Å². The second-order valence-corrected chi connectivity index (χ2v) is 3.37. The number of hydrogen-bond donors (Lipinski definition) is 1. The topological polar surface area (TPSA) is 56.3 Å². The van der Waals surface area contributed by atoms with Gasteiger partial charge in [0.2, 0.25) is 0 Å². The van der Waals surface area contributed by atoms with Gasteiger partial charge in [-0.15, -0.1) is 0 Å². The average molecular weight is 237 g/mol. The summed E-state index contributed by atoms with van der Waals surface area (Å²) in [6.45, 7) is 9.35. The minimum absolute atomic E-state index is 0. The van der Waals surface area contributed by atoms with Crippen LogP contribution in [0.2, 0.25) is 0 Å². The van der Waals surface area contributed by atoms with Crippen molar-refractivity contribution >= 4 is 12.0 Å². The molecule has 0 saturated heterocycles. The lowest BCUT2D eigenvalue weighted by atomic mass is 10.2. The first-order valence-electron chi connectivity index (χ1n) is 5.54. The molecule has 1 radical (unpaired) electrons. The van der Waals surface area contributed by atoms with Gasteiger partial charge in [-0.1, -0.05) is 51.5 Å². The normalized spacial score (nSPS) is 8.18. The van der Waals surface area contributed by atoms with Crippen LogP contribution in [0.5, 0.6) is 5.75 Å². The van der Waals surface area contributed by atoms with E-state index in [4.69, 9.17) is 4.74 Å². The molecule has 1 rings (SSSR count). The number of hydrogen-bond acceptors (Lipinski definition) is 2. The summed E-state index contributed by atoms with van der Waals surface area (Å²) in [6.07, 6.45) is 4.37. The summed E-state index contributed by atoms with van der Waals surface area (Å²) < 4.78 is 4.84. The monoisotopic (exact) mass is 237 g/mol. The van der Waals surface area contributed by atoms with E-state index in [1.165, 1.54) is 19.8 Å². The molecule has 0 saturated carbocycles. The molecule has 17 heavy (non-hydrogen) atoms. The lowest BCUT2D eigenvalue weighted by Gasteiger charge is -1.99. The minimum atomic E-state index is -0.304. The molecule has 3 heteroatoms. The lowest BCUT2D eigenvalue weighted by molar-refractivity contribution is -0.131. The summed E-state index contributed by atoms with van der Waals surface area (Å²) in [5, 5.41) is 0. The Kier molecular flexibility index (Phi) is 11.4. The van der Waals surface area contributed by atoms with Crippen LogP contribution in [0.25, 0.3) is 6.08 Å². The second-order valence-electron chi connectivity index (χ2n) is 3.37. The number of benzene rings is 1. The Bertz CT molecular complexity index is 313. The lowest BCUT2D eigenvalue weighted by Crippen LogP contribution is -2.00. The fraction of sp³-hybridized carbons (Fsp3) is 0.357. The van der Waals surface area contributed by atoms with Crippen LogP contribution in [0.1, 0.15) is 39.2 Å². The first kappa shape index (κ1) is 17.8. The Morgan fingerprint density at radius 3 is 2.00 bits per heavy atom. The predicted molar refractivity (Wildman–Crippen MR) is 70.4 cm³/mol. The maximum Gasteiger partial charge on any atom is 0.308 e. The van der Waals surface area contributed by atoms with E-state index >= 15 is 0 Å². The number of carbonyl (C=O) groups excluding carboxylic acids is 1. The van der Waals surface area contributed by atoms with Crippen molar-refractivity contribution in [3.63, 3.8) is 0 Å². The van der Waals surface area contributed by atoms with E-state index in [0.29, 0.717) is 5.75 Å². The summed E-state index contributed by atoms with van der Waals surface area (Å²) in [5.74, 6) is 0.259. The highest BCUT2D eigenvalue weighted by molar-refractivity contribution is 5.69. The third-order valence-electron chi connectivity index (χ3n) is 1.88. The summed E-state index contributed by atoms with van der Waals surface area (Å²) in [4.78, 5) is 10.5. The Morgan fingerprint density at radius 2 is 1.71 bits per heavy atom. The van der Waals surface area contributed by atoms with Crippen molar-refractivity contribution in [1.29, 1.82) is 0 Å². The summed E-state index contributed by atoms with van der Waals surface area (Å²) in [7, 11) is 0. The molecule has 0 spiro atoms. The standard InChI is InChI=1S/C10H10O2.C4H10.HO/c1-3-9-4-6-10(7-5-9)12-8(2)11;1-3-4-2;/h3-7H,1H2,2H3;3-4H2,1-2H3;1H. The number of unbranched alkanes of at least 4 members (excludes halogenated alkanes) is 1. The third-order valence-corrected chi connectivity index (χ3v) is 1.88. The van der Waals surface area contributed by atoms with Gasteiger partial charge in [0, 0.05) is 6.92 Å². The minimum Gasteiger partial charge on any atom is -0.427 e. The molecule has 0 bridgehead atoms. The van der Waals surface area contributed by atoms with Crippen LogP contribution in [0.3, 0.4) is 0 Å². The molecule has 1 aromatic rings. The van der Waals surface area contributed by atoms with Gasteiger partial charge in [0.15, 0.2) is 0 Å². The van der Waals surface area contributed by atoms with Crippen LogP contribution in [0.15, 0.2) is 30.8 Å². The first-order valence-corrected chi connectivity index (χ1v) is 5.54. The molecule has 0 aliphatic rings. The molecule has 0 unspecified atom stereocenters. The highest BCUT2D eigenvalue weighted by Crippen LogP contribution is 2.12. The average Bonchev–Trinajstić information content (AvgIpc) is 2.30. The Balaban J connectivity index is 0. The fourth-order valence-electron chi connectivity index (χ4n) is 0.838. The van der Waals surface area contributed by atoms with Gasteiger partial charge in [-0.25, -0.2) is 0 Å². The SMILES string of the molecule is C=Cc1ccc(OC(C)=O)cc1.CCCC.[OH]. The molecule has 0 aromatic heterocycles. The van der Waals surface area contributed by atoms with Gasteiger partial charge < -0.3 is 4.74 Å². The molecule has 0 aliphatic heterocycles. The number of carbonyl (C=O) groups is 1. The summed E-state index contributed by atoms with van der Waals surface area (Å²) in [6, 6.07) is 7.15. The maximum atomic E-state index is 10.5. The van der Waals surface area contributed by atoms with E-state index in [9.17, 15) is 4.79 Å². The van der Waals surface area contributed by atoms with Gasteiger partial charge in [-0.05, 0) is 17.7 Å². The van der Waals surface area contributed by atoms with Crippen molar-refractivity contribution in [2.24, 2.45) is 0 Å². The molecule has 95 valence electrons. The largest absolute Gasteiger partial charge is 0.427 e. The quantitative estimate of drug-likeness (QED) is 0.640. The Hall–Kier alpha value is -1.61. The van der Waals surface area contributed by atoms with Crippen LogP contribution >= 0.6 is 0 Å². The van der Waals surface area contributed by atoms with Crippen LogP contribution < -0.4 is 4.74 Å². The zero-order valence-corrected chi connectivity index (χ0v) is 10.8. The van der Waals surface area contributed by atoms with Crippen molar-refractivity contribution in [2.75, 3.05) is 0 Å². The van der Waals surface area contributed by atoms with E-state index in [1.807, 2.05) is 12.1 Å². The number of rotatable bonds is 3. The predicted octanol–water partition coefficient (Wildman–Crippen LogP) is 3.88. The Morgan fingerprint density at radius 1 is 1.24 bits per heavy atom. The van der Waals surface area contributed by atoms with Crippen LogP contribution in [0.4, 0.5) is 0 Å². The van der Waals surface area contributed by atoms with E-state index < -0.39 is 0 Å². The molecule has 0 aliphatic carbocycles. The van der Waals surface area contributed by atoms with Gasteiger partial charge in [-0.3, -0.25) is 10.3 Å². The van der Waals surface area contributed by atoms with Gasteiger partial charge >= 0.3 is 5.97 Å². The van der Waals surface area contributed by atoms with Crippen molar-refractivity contribution < 1.29 is 15.0 Å². The van der Waals surface area contributed by atoms with Gasteiger partial charge in [0.1, 0.15) is 5.75 Å². The molecule has 0 atom stereocenters. The third kappa shape index (κ3) is 9.33. The molecule has 0 amide bonds. The van der Waals surface area contributed by atoms with E-state index in [2.05, 4.69) is 20.4 Å². The molecule has 1 N–H and O–H groups in total. The molecule has 3 nitrogen and oxygen atoms in total. The van der Waals surface area contributed by atoms with Gasteiger partial charge in [0.25, 0.3) is 0 Å². The number of ether oxygens (including phenoxy) is 1. The smallest absolute Gasteiger partial charge is 0.308 e. The maximum absolute atomic E-state index is 10.5. The van der Waals surface area contributed by atoms with E-state index in [-0.39, 0.29) is 11.4 Å². The molecule has 0 heterocycles. The fourth-order valence-corrected chi connectivity index (χ4v) is 0.838. The molecule has 0 fully saturated rings. The highest BCUT2D eigenvalue weighted by atomic mass is 16.5. The zero-order valence-electron chi connectivity index (χ0n) is 10.8. The Labute approximate surface area is 103 Å². The summed E-state index contributed by atoms with van der Waals surface area (Å²) >= 11 is 0. The first-order chi connectivity index (χ1) is 7.63. The molecular formula is C14H21O3. The van der Waals surface area contributed by atoms with Crippen molar-refractivity contribution in [2.45, 2.75) is 33.6 Å². The highest BCUT2D eigenvalue weighted by Gasteiger charge is 1.95. The van der Waals surface area contributed by atoms with Gasteiger partial charge in [0.05, 0.1) is 0 Å². The van der Waals surface area contributed by atoms with Crippen molar-refractivity contribution in [1.82, 2.24) is 0 Å².